The van der Waals surface area contributed by atoms with Crippen molar-refractivity contribution in [2.24, 2.45) is 11.8 Å². The number of thioether (sulfide) groups is 1. The quantitative estimate of drug-likeness (QED) is 0.569. The van der Waals surface area contributed by atoms with Crippen LogP contribution in [0, 0.1) is 17.7 Å². The number of ether oxygens (including phenoxy) is 1. The number of halogens is 2. The first-order chi connectivity index (χ1) is 14.7. The number of fused-ring (bicyclic) bond motifs is 1. The van der Waals surface area contributed by atoms with Gasteiger partial charge in [0, 0.05) is 24.6 Å². The molecular formula is C21H25ClFN3O4S. The summed E-state index contributed by atoms with van der Waals surface area (Å²) in [5.74, 6) is 0.139. The summed E-state index contributed by atoms with van der Waals surface area (Å²) in [4.78, 5) is 36.5. The normalized spacial score (nSPS) is 30.9. The van der Waals surface area contributed by atoms with E-state index in [9.17, 15) is 18.8 Å². The van der Waals surface area contributed by atoms with Crippen LogP contribution < -0.4 is 20.7 Å². The highest BCUT2D eigenvalue weighted by Crippen LogP contribution is 2.52. The van der Waals surface area contributed by atoms with Gasteiger partial charge in [-0.2, -0.15) is 0 Å². The maximum absolute atomic E-state index is 13.5. The summed E-state index contributed by atoms with van der Waals surface area (Å²) < 4.78 is 18.8. The van der Waals surface area contributed by atoms with Crippen LogP contribution in [-0.4, -0.2) is 47.0 Å². The van der Waals surface area contributed by atoms with Crippen molar-refractivity contribution in [2.75, 3.05) is 12.4 Å². The van der Waals surface area contributed by atoms with Gasteiger partial charge < -0.3 is 20.7 Å². The Morgan fingerprint density at radius 2 is 2.03 bits per heavy atom. The molecule has 7 nitrogen and oxygen atoms in total. The zero-order valence-electron chi connectivity index (χ0n) is 17.1. The molecule has 168 valence electrons. The Morgan fingerprint density at radius 1 is 1.26 bits per heavy atom. The van der Waals surface area contributed by atoms with Crippen LogP contribution in [0.4, 0.5) is 4.39 Å². The third-order valence-electron chi connectivity index (χ3n) is 6.25. The molecule has 1 heterocycles. The number of rotatable bonds is 7. The predicted molar refractivity (Wildman–Crippen MR) is 115 cm³/mol. The van der Waals surface area contributed by atoms with Crippen LogP contribution in [0.1, 0.15) is 32.6 Å². The highest BCUT2D eigenvalue weighted by Gasteiger charge is 2.57. The molecule has 0 aromatic heterocycles. The third-order valence-corrected chi connectivity index (χ3v) is 7.84. The Balaban J connectivity index is 1.25. The second-order valence-corrected chi connectivity index (χ2v) is 10.2. The number of hydrogen-bond donors (Lipinski definition) is 3. The van der Waals surface area contributed by atoms with E-state index in [1.807, 2.05) is 0 Å². The van der Waals surface area contributed by atoms with Crippen molar-refractivity contribution >= 4 is 41.1 Å². The lowest BCUT2D eigenvalue weighted by molar-refractivity contribution is -0.127. The molecule has 3 atom stereocenters. The van der Waals surface area contributed by atoms with E-state index < -0.39 is 5.82 Å². The molecule has 3 unspecified atom stereocenters. The Bertz CT molecular complexity index is 895. The van der Waals surface area contributed by atoms with Crippen molar-refractivity contribution in [3.63, 3.8) is 0 Å². The van der Waals surface area contributed by atoms with Gasteiger partial charge in [-0.25, -0.2) is 4.39 Å². The number of carbonyl (C=O) groups excluding carboxylic acids is 3. The van der Waals surface area contributed by atoms with Gasteiger partial charge in [0.2, 0.25) is 11.8 Å². The van der Waals surface area contributed by atoms with Crippen molar-refractivity contribution in [3.8, 4) is 5.75 Å². The van der Waals surface area contributed by atoms with Crippen molar-refractivity contribution in [1.29, 1.82) is 0 Å². The van der Waals surface area contributed by atoms with Crippen molar-refractivity contribution in [1.82, 2.24) is 16.0 Å². The number of amides is 3. The molecule has 5 rings (SSSR count). The Hall–Kier alpha value is -2.00. The van der Waals surface area contributed by atoms with E-state index >= 15 is 0 Å². The molecule has 31 heavy (non-hydrogen) atoms. The minimum atomic E-state index is -0.601. The molecule has 2 bridgehead atoms. The van der Waals surface area contributed by atoms with Crippen molar-refractivity contribution in [2.45, 2.75) is 49.6 Å². The summed E-state index contributed by atoms with van der Waals surface area (Å²) in [6, 6.07) is 4.04. The molecule has 3 saturated carbocycles. The molecule has 0 spiro atoms. The molecule has 4 aliphatic rings. The SMILES string of the molecule is CC(=O)NC1SCCC1C(=O)NC1CC2(NC(=O)COc3ccc(Cl)c(F)c3)CC1C2. The van der Waals surface area contributed by atoms with E-state index in [2.05, 4.69) is 16.0 Å². The number of benzene rings is 1. The maximum Gasteiger partial charge on any atom is 0.258 e. The van der Waals surface area contributed by atoms with Gasteiger partial charge in [-0.15, -0.1) is 11.8 Å². The lowest BCUT2D eigenvalue weighted by Gasteiger charge is -2.39. The number of nitrogens with one attached hydrogen (secondary N) is 3. The molecule has 1 aliphatic heterocycles. The summed E-state index contributed by atoms with van der Waals surface area (Å²) in [5, 5.41) is 8.83. The molecule has 3 aliphatic carbocycles. The highest BCUT2D eigenvalue weighted by molar-refractivity contribution is 8.00. The fraction of sp³-hybridized carbons (Fsp3) is 0.571. The molecule has 1 saturated heterocycles. The predicted octanol–water partition coefficient (Wildman–Crippen LogP) is 2.23. The monoisotopic (exact) mass is 469 g/mol. The van der Waals surface area contributed by atoms with Gasteiger partial charge in [-0.3, -0.25) is 14.4 Å². The van der Waals surface area contributed by atoms with E-state index in [1.54, 1.807) is 11.8 Å². The summed E-state index contributed by atoms with van der Waals surface area (Å²) in [5.41, 5.74) is -0.324. The van der Waals surface area contributed by atoms with Crippen LogP contribution in [0.5, 0.6) is 5.75 Å². The van der Waals surface area contributed by atoms with E-state index in [0.717, 1.165) is 31.1 Å². The standard InChI is InChI=1S/C21H25ClFN3O4S/c1-11(27)24-20-14(4-5-31-20)19(29)25-17-9-21(7-12(17)8-21)26-18(28)10-30-13-2-3-15(22)16(23)6-13/h2-3,6,12,14,17,20H,4-5,7-10H2,1H3,(H,24,27)(H,25,29)(H,26,28). The minimum absolute atomic E-state index is 0.00478. The molecule has 1 aromatic carbocycles. The molecule has 4 fully saturated rings. The zero-order valence-corrected chi connectivity index (χ0v) is 18.7. The fourth-order valence-electron chi connectivity index (χ4n) is 4.84. The topological polar surface area (TPSA) is 96.5 Å². The Kier molecular flexibility index (Phi) is 6.35. The van der Waals surface area contributed by atoms with Gasteiger partial charge in [0.15, 0.2) is 6.61 Å². The van der Waals surface area contributed by atoms with Gasteiger partial charge in [-0.1, -0.05) is 11.6 Å². The van der Waals surface area contributed by atoms with Gasteiger partial charge >= 0.3 is 0 Å². The molecule has 0 radical (unpaired) electrons. The lowest BCUT2D eigenvalue weighted by Crippen LogP contribution is -2.53. The van der Waals surface area contributed by atoms with Gasteiger partial charge in [0.1, 0.15) is 11.6 Å². The third kappa shape index (κ3) is 4.92. The average molecular weight is 470 g/mol. The second kappa shape index (κ2) is 8.86. The molecule has 3 N–H and O–H groups in total. The van der Waals surface area contributed by atoms with E-state index in [4.69, 9.17) is 16.3 Å². The van der Waals surface area contributed by atoms with Crippen LogP contribution >= 0.6 is 23.4 Å². The minimum Gasteiger partial charge on any atom is -0.484 e. The van der Waals surface area contributed by atoms with E-state index in [1.165, 1.54) is 19.1 Å². The van der Waals surface area contributed by atoms with Gasteiger partial charge in [-0.05, 0) is 49.5 Å². The van der Waals surface area contributed by atoms with Crippen LogP contribution in [0.25, 0.3) is 0 Å². The summed E-state index contributed by atoms with van der Waals surface area (Å²) in [6.45, 7) is 1.24. The summed E-state index contributed by atoms with van der Waals surface area (Å²) >= 11 is 7.24. The lowest BCUT2D eigenvalue weighted by atomic mass is 9.76. The second-order valence-electron chi connectivity index (χ2n) is 8.57. The zero-order chi connectivity index (χ0) is 22.2. The first kappa shape index (κ1) is 22.2. The molecule has 3 amide bonds. The van der Waals surface area contributed by atoms with Gasteiger partial charge in [0.25, 0.3) is 5.91 Å². The number of carbonyl (C=O) groups is 3. The molecule has 10 heteroatoms. The van der Waals surface area contributed by atoms with Crippen LogP contribution in [0.2, 0.25) is 5.02 Å². The van der Waals surface area contributed by atoms with Crippen LogP contribution in [0.3, 0.4) is 0 Å². The largest absolute Gasteiger partial charge is 0.484 e. The molecular weight excluding hydrogens is 445 g/mol. The fourth-order valence-corrected chi connectivity index (χ4v) is 6.35. The van der Waals surface area contributed by atoms with Crippen molar-refractivity contribution in [3.05, 3.63) is 29.0 Å². The van der Waals surface area contributed by atoms with E-state index in [0.29, 0.717) is 12.3 Å². The highest BCUT2D eigenvalue weighted by atomic mass is 35.5. The Morgan fingerprint density at radius 3 is 2.74 bits per heavy atom. The van der Waals surface area contributed by atoms with Crippen LogP contribution in [0.15, 0.2) is 18.2 Å². The van der Waals surface area contributed by atoms with E-state index in [-0.39, 0.29) is 58.0 Å². The summed E-state index contributed by atoms with van der Waals surface area (Å²) in [7, 11) is 0. The first-order valence-electron chi connectivity index (χ1n) is 10.3. The Labute approximate surface area is 189 Å². The molecule has 1 aromatic rings. The number of hydrogen-bond acceptors (Lipinski definition) is 5. The van der Waals surface area contributed by atoms with Crippen LogP contribution in [-0.2, 0) is 14.4 Å². The maximum atomic E-state index is 13.5. The summed E-state index contributed by atoms with van der Waals surface area (Å²) in [6.07, 6.45) is 3.04. The van der Waals surface area contributed by atoms with Gasteiger partial charge in [0.05, 0.1) is 16.3 Å². The van der Waals surface area contributed by atoms with Crippen molar-refractivity contribution < 1.29 is 23.5 Å². The average Bonchev–Trinajstić information content (AvgIpc) is 3.35. The smallest absolute Gasteiger partial charge is 0.258 e. The first-order valence-corrected chi connectivity index (χ1v) is 11.8.